The molecule has 1 aliphatic heterocycles. The van der Waals surface area contributed by atoms with Crippen LogP contribution in [0.2, 0.25) is 5.02 Å². The molecule has 1 aliphatic rings. The van der Waals surface area contributed by atoms with E-state index in [9.17, 15) is 14.0 Å². The normalized spacial score (nSPS) is 16.9. The van der Waals surface area contributed by atoms with Crippen molar-refractivity contribution in [3.8, 4) is 0 Å². The van der Waals surface area contributed by atoms with Crippen molar-refractivity contribution in [2.75, 3.05) is 19.6 Å². The number of carbonyl (C=O) groups is 2. The van der Waals surface area contributed by atoms with Crippen LogP contribution in [0.25, 0.3) is 0 Å². The maximum atomic E-state index is 13.0. The van der Waals surface area contributed by atoms with Crippen LogP contribution >= 0.6 is 11.6 Å². The van der Waals surface area contributed by atoms with E-state index in [1.165, 1.54) is 18.2 Å². The number of piperidine rings is 1. The number of carbonyl (C=O) groups excluding carboxylic acids is 2. The Hall–Kier alpha value is -1.26. The molecule has 0 atom stereocenters. The molecule has 1 saturated heterocycles. The standard InChI is InChI=1S/C13H13ClFNO2/c14-11-7-9(1-2-12(11)15)13(18)8-16-5-3-10(17)4-6-16/h1-2,7H,3-6,8H2. The van der Waals surface area contributed by atoms with Crippen LogP contribution < -0.4 is 0 Å². The molecule has 18 heavy (non-hydrogen) atoms. The van der Waals surface area contributed by atoms with Gasteiger partial charge in [-0.2, -0.15) is 0 Å². The highest BCUT2D eigenvalue weighted by atomic mass is 35.5. The van der Waals surface area contributed by atoms with Gasteiger partial charge in [-0.1, -0.05) is 11.6 Å². The van der Waals surface area contributed by atoms with Gasteiger partial charge in [0, 0.05) is 31.5 Å². The van der Waals surface area contributed by atoms with Gasteiger partial charge in [0.25, 0.3) is 0 Å². The Morgan fingerprint density at radius 2 is 2.00 bits per heavy atom. The van der Waals surface area contributed by atoms with E-state index >= 15 is 0 Å². The van der Waals surface area contributed by atoms with Gasteiger partial charge in [0.05, 0.1) is 11.6 Å². The molecule has 96 valence electrons. The van der Waals surface area contributed by atoms with Gasteiger partial charge in [-0.15, -0.1) is 0 Å². The minimum absolute atomic E-state index is 0.0466. The molecule has 0 radical (unpaired) electrons. The molecule has 5 heteroatoms. The number of ketones is 2. The molecule has 0 aromatic heterocycles. The highest BCUT2D eigenvalue weighted by Gasteiger charge is 2.19. The van der Waals surface area contributed by atoms with E-state index in [4.69, 9.17) is 11.6 Å². The first-order valence-electron chi connectivity index (χ1n) is 5.78. The maximum Gasteiger partial charge on any atom is 0.176 e. The quantitative estimate of drug-likeness (QED) is 0.791. The van der Waals surface area contributed by atoms with Crippen molar-refractivity contribution < 1.29 is 14.0 Å². The molecule has 0 unspecified atom stereocenters. The molecule has 1 aromatic rings. The summed E-state index contributed by atoms with van der Waals surface area (Å²) in [6.45, 7) is 1.47. The average Bonchev–Trinajstić information content (AvgIpc) is 2.35. The van der Waals surface area contributed by atoms with Crippen LogP contribution in [0.5, 0.6) is 0 Å². The Morgan fingerprint density at radius 3 is 2.61 bits per heavy atom. The smallest absolute Gasteiger partial charge is 0.176 e. The SMILES string of the molecule is O=C1CCN(CC(=O)c2ccc(F)c(Cl)c2)CC1. The number of nitrogens with zero attached hydrogens (tertiary/aromatic N) is 1. The second-order valence-corrected chi connectivity index (χ2v) is 4.77. The van der Waals surface area contributed by atoms with Crippen molar-refractivity contribution in [3.63, 3.8) is 0 Å². The fourth-order valence-corrected chi connectivity index (χ4v) is 2.11. The zero-order chi connectivity index (χ0) is 13.1. The summed E-state index contributed by atoms with van der Waals surface area (Å²) in [6, 6.07) is 3.96. The van der Waals surface area contributed by atoms with Crippen molar-refractivity contribution >= 4 is 23.2 Å². The summed E-state index contributed by atoms with van der Waals surface area (Å²) in [7, 11) is 0. The van der Waals surface area contributed by atoms with Gasteiger partial charge in [-0.25, -0.2) is 4.39 Å². The van der Waals surface area contributed by atoms with Crippen molar-refractivity contribution in [3.05, 3.63) is 34.6 Å². The van der Waals surface area contributed by atoms with Crippen LogP contribution in [0.4, 0.5) is 4.39 Å². The molecule has 0 spiro atoms. The summed E-state index contributed by atoms with van der Waals surface area (Å²) >= 11 is 5.63. The zero-order valence-electron chi connectivity index (χ0n) is 9.79. The van der Waals surface area contributed by atoms with E-state index in [1.807, 2.05) is 4.90 Å². The van der Waals surface area contributed by atoms with Gasteiger partial charge >= 0.3 is 0 Å². The zero-order valence-corrected chi connectivity index (χ0v) is 10.5. The number of likely N-dealkylation sites (tertiary alicyclic amines) is 1. The summed E-state index contributed by atoms with van der Waals surface area (Å²) in [5.74, 6) is -0.397. The van der Waals surface area contributed by atoms with Crippen LogP contribution in [0.3, 0.4) is 0 Å². The van der Waals surface area contributed by atoms with Gasteiger partial charge in [0.15, 0.2) is 5.78 Å². The molecule has 1 fully saturated rings. The second kappa shape index (κ2) is 5.59. The number of Topliss-reactive ketones (excluding diaryl/α,β-unsaturated/α-hetero) is 2. The summed E-state index contributed by atoms with van der Waals surface area (Å²) in [5, 5.41) is -0.0466. The lowest BCUT2D eigenvalue weighted by Gasteiger charge is -2.24. The molecule has 2 rings (SSSR count). The minimum Gasteiger partial charge on any atom is -0.300 e. The van der Waals surface area contributed by atoms with Crippen LogP contribution in [0.15, 0.2) is 18.2 Å². The monoisotopic (exact) mass is 269 g/mol. The Kier molecular flexibility index (Phi) is 4.09. The fourth-order valence-electron chi connectivity index (χ4n) is 1.92. The molecule has 1 aromatic carbocycles. The van der Waals surface area contributed by atoms with E-state index in [1.54, 1.807) is 0 Å². The third-order valence-electron chi connectivity index (χ3n) is 3.02. The summed E-state index contributed by atoms with van der Waals surface area (Å²) in [5.41, 5.74) is 0.401. The Morgan fingerprint density at radius 1 is 1.33 bits per heavy atom. The first-order valence-corrected chi connectivity index (χ1v) is 6.16. The average molecular weight is 270 g/mol. The van der Waals surface area contributed by atoms with E-state index in [0.29, 0.717) is 31.5 Å². The van der Waals surface area contributed by atoms with Crippen molar-refractivity contribution in [1.29, 1.82) is 0 Å². The van der Waals surface area contributed by atoms with E-state index in [-0.39, 0.29) is 23.1 Å². The second-order valence-electron chi connectivity index (χ2n) is 4.37. The Balaban J connectivity index is 1.99. The minimum atomic E-state index is -0.531. The largest absolute Gasteiger partial charge is 0.300 e. The maximum absolute atomic E-state index is 13.0. The number of hydrogen-bond acceptors (Lipinski definition) is 3. The van der Waals surface area contributed by atoms with E-state index in [2.05, 4.69) is 0 Å². The Labute approximate surface area is 110 Å². The molecule has 3 nitrogen and oxygen atoms in total. The predicted octanol–water partition coefficient (Wildman–Crippen LogP) is 2.33. The number of halogens is 2. The van der Waals surface area contributed by atoms with Crippen LogP contribution in [0, 0.1) is 5.82 Å². The van der Waals surface area contributed by atoms with Crippen molar-refractivity contribution in [2.45, 2.75) is 12.8 Å². The van der Waals surface area contributed by atoms with Gasteiger partial charge in [-0.3, -0.25) is 14.5 Å². The fraction of sp³-hybridized carbons (Fsp3) is 0.385. The third-order valence-corrected chi connectivity index (χ3v) is 3.31. The van der Waals surface area contributed by atoms with Crippen LogP contribution in [0.1, 0.15) is 23.2 Å². The molecule has 1 heterocycles. The lowest BCUT2D eigenvalue weighted by Crippen LogP contribution is -2.37. The Bertz CT molecular complexity index is 480. The molecule has 0 saturated carbocycles. The highest BCUT2D eigenvalue weighted by molar-refractivity contribution is 6.31. The van der Waals surface area contributed by atoms with Gasteiger partial charge in [-0.05, 0) is 18.2 Å². The molecule has 0 aliphatic carbocycles. The first kappa shape index (κ1) is 13.2. The molecule has 0 amide bonds. The van der Waals surface area contributed by atoms with Crippen LogP contribution in [-0.2, 0) is 4.79 Å². The topological polar surface area (TPSA) is 37.4 Å². The lowest BCUT2D eigenvalue weighted by molar-refractivity contribution is -0.121. The van der Waals surface area contributed by atoms with Crippen LogP contribution in [-0.4, -0.2) is 36.1 Å². The van der Waals surface area contributed by atoms with Gasteiger partial charge < -0.3 is 0 Å². The molecule has 0 bridgehead atoms. The predicted molar refractivity (Wildman–Crippen MR) is 66.4 cm³/mol. The number of hydrogen-bond donors (Lipinski definition) is 0. The summed E-state index contributed by atoms with van der Waals surface area (Å²) in [6.07, 6.45) is 0.995. The number of benzene rings is 1. The molecule has 0 N–H and O–H groups in total. The number of rotatable bonds is 3. The lowest BCUT2D eigenvalue weighted by atomic mass is 10.1. The van der Waals surface area contributed by atoms with Gasteiger partial charge in [0.1, 0.15) is 11.6 Å². The molecular formula is C13H13ClFNO2. The molecular weight excluding hydrogens is 257 g/mol. The van der Waals surface area contributed by atoms with E-state index < -0.39 is 5.82 Å². The van der Waals surface area contributed by atoms with Crippen molar-refractivity contribution in [1.82, 2.24) is 4.90 Å². The third kappa shape index (κ3) is 3.15. The highest BCUT2D eigenvalue weighted by Crippen LogP contribution is 2.17. The summed E-state index contributed by atoms with van der Waals surface area (Å²) in [4.78, 5) is 25.0. The summed E-state index contributed by atoms with van der Waals surface area (Å²) < 4.78 is 13.0. The first-order chi connectivity index (χ1) is 8.56. The van der Waals surface area contributed by atoms with Crippen molar-refractivity contribution in [2.24, 2.45) is 0 Å². The van der Waals surface area contributed by atoms with Gasteiger partial charge in [0.2, 0.25) is 0 Å². The van der Waals surface area contributed by atoms with E-state index in [0.717, 1.165) is 0 Å².